The number of hydrogen-bond acceptors (Lipinski definition) is 5. The molecule has 2 aromatic carbocycles. The summed E-state index contributed by atoms with van der Waals surface area (Å²) in [6, 6.07) is 28.5. The number of pyridine rings is 3. The van der Waals surface area contributed by atoms with E-state index in [9.17, 15) is 0 Å². The van der Waals surface area contributed by atoms with Gasteiger partial charge in [-0.1, -0.05) is 81.8 Å². The molecule has 0 atom stereocenters. The van der Waals surface area contributed by atoms with E-state index in [1.165, 1.54) is 39.2 Å². The van der Waals surface area contributed by atoms with Crippen molar-refractivity contribution in [3.05, 3.63) is 157 Å². The van der Waals surface area contributed by atoms with Gasteiger partial charge in [0, 0.05) is 82.1 Å². The summed E-state index contributed by atoms with van der Waals surface area (Å²) in [6.07, 6.45) is 10.5. The fraction of sp³-hybridized carbons (Fsp3) is 0.282. The molecule has 1 fully saturated rings. The number of aromatic nitrogens is 3. The van der Waals surface area contributed by atoms with Crippen molar-refractivity contribution in [2.45, 2.75) is 60.3 Å². The summed E-state index contributed by atoms with van der Waals surface area (Å²) in [4.78, 5) is 16.3. The normalized spacial score (nSPS) is 11.8. The zero-order valence-corrected chi connectivity index (χ0v) is 29.3. The van der Waals surface area contributed by atoms with Crippen molar-refractivity contribution in [2.24, 2.45) is 0 Å². The molecule has 6 heteroatoms. The van der Waals surface area contributed by atoms with Crippen molar-refractivity contribution in [1.82, 2.24) is 15.0 Å². The van der Waals surface area contributed by atoms with Crippen LogP contribution in [-0.2, 0) is 20.4 Å². The van der Waals surface area contributed by atoms with E-state index in [0.717, 1.165) is 13.1 Å². The Kier molecular flexibility index (Phi) is 16.8. The van der Waals surface area contributed by atoms with Crippen molar-refractivity contribution >= 4 is 11.4 Å². The molecule has 3 aromatic heterocycles. The predicted octanol–water partition coefficient (Wildman–Crippen LogP) is 9.55. The van der Waals surface area contributed by atoms with Gasteiger partial charge in [0.1, 0.15) is 0 Å². The molecule has 5 aromatic rings. The van der Waals surface area contributed by atoms with Crippen molar-refractivity contribution in [2.75, 3.05) is 22.9 Å². The second-order valence-corrected chi connectivity index (χ2v) is 11.4. The molecule has 0 spiro atoms. The van der Waals surface area contributed by atoms with E-state index in [1.54, 1.807) is 37.2 Å². The van der Waals surface area contributed by atoms with Crippen molar-refractivity contribution in [1.29, 1.82) is 0 Å². The van der Waals surface area contributed by atoms with Gasteiger partial charge in [-0.15, -0.1) is 0 Å². The molecule has 0 unspecified atom stereocenters. The molecule has 4 heterocycles. The molecule has 1 saturated heterocycles. The monoisotopic (exact) mass is 692 g/mol. The minimum absolute atomic E-state index is 0. The molecular formula is C39H48N5Pd-. The van der Waals surface area contributed by atoms with Gasteiger partial charge in [0.15, 0.2) is 0 Å². The Morgan fingerprint density at radius 1 is 0.533 bits per heavy atom. The third-order valence-electron chi connectivity index (χ3n) is 7.11. The minimum atomic E-state index is 0. The largest absolute Gasteiger partial charge is 0.502 e. The molecule has 5 nitrogen and oxygen atoms in total. The number of anilines is 2. The van der Waals surface area contributed by atoms with Gasteiger partial charge in [0.2, 0.25) is 0 Å². The number of para-hydroxylation sites is 1. The quantitative estimate of drug-likeness (QED) is 0.139. The number of hydrogen-bond donors (Lipinski definition) is 0. The molecule has 0 radical (unpaired) electrons. The summed E-state index contributed by atoms with van der Waals surface area (Å²) in [5.41, 5.74) is 9.75. The minimum Gasteiger partial charge on any atom is -0.502 e. The van der Waals surface area contributed by atoms with Crippen molar-refractivity contribution < 1.29 is 20.4 Å². The van der Waals surface area contributed by atoms with Gasteiger partial charge in [-0.2, -0.15) is 6.67 Å². The SMILES string of the molecule is Cc1cc(C)c(N2[CH-]N(c3c(C(C)C)cccc3C(C)C)CC2)c(C)c1.[Pd].c1ccncc1.c1ccncc1.c1ccncc1. The first-order chi connectivity index (χ1) is 21.3. The van der Waals surface area contributed by atoms with Crippen LogP contribution < -0.4 is 9.80 Å². The zero-order valence-electron chi connectivity index (χ0n) is 27.7. The third kappa shape index (κ3) is 12.2. The Hall–Kier alpha value is -3.85. The molecule has 0 amide bonds. The van der Waals surface area contributed by atoms with Crippen LogP contribution in [0.25, 0.3) is 0 Å². The number of aryl methyl sites for hydroxylation is 3. The average molecular weight is 693 g/mol. The van der Waals surface area contributed by atoms with Crippen LogP contribution >= 0.6 is 0 Å². The molecule has 1 aliphatic heterocycles. The van der Waals surface area contributed by atoms with Crippen LogP contribution in [0.15, 0.2) is 122 Å². The van der Waals surface area contributed by atoms with Crippen LogP contribution in [0.5, 0.6) is 0 Å². The van der Waals surface area contributed by atoms with Gasteiger partial charge < -0.3 is 9.80 Å². The number of benzene rings is 2. The van der Waals surface area contributed by atoms with E-state index in [0.29, 0.717) is 11.8 Å². The van der Waals surface area contributed by atoms with Gasteiger partial charge in [-0.25, -0.2) is 0 Å². The molecule has 0 bridgehead atoms. The predicted molar refractivity (Wildman–Crippen MR) is 187 cm³/mol. The van der Waals surface area contributed by atoms with Crippen LogP contribution in [0.3, 0.4) is 0 Å². The Labute approximate surface area is 285 Å². The fourth-order valence-corrected chi connectivity index (χ4v) is 5.24. The third-order valence-corrected chi connectivity index (χ3v) is 7.11. The van der Waals surface area contributed by atoms with Crippen LogP contribution in [0, 0.1) is 27.4 Å². The fourth-order valence-electron chi connectivity index (χ4n) is 5.24. The summed E-state index contributed by atoms with van der Waals surface area (Å²) in [5, 5.41) is 0. The second kappa shape index (κ2) is 20.2. The van der Waals surface area contributed by atoms with E-state index >= 15 is 0 Å². The zero-order chi connectivity index (χ0) is 31.7. The maximum absolute atomic E-state index is 3.78. The van der Waals surface area contributed by atoms with Crippen LogP contribution in [0.1, 0.15) is 67.3 Å². The smallest absolute Gasteiger partial charge is 0.0267 e. The average Bonchev–Trinajstić information content (AvgIpc) is 3.53. The van der Waals surface area contributed by atoms with Gasteiger partial charge in [0.25, 0.3) is 0 Å². The summed E-state index contributed by atoms with van der Waals surface area (Å²) in [7, 11) is 0. The van der Waals surface area contributed by atoms with E-state index in [2.05, 4.69) is 110 Å². The number of nitrogens with zero attached hydrogens (tertiary/aromatic N) is 5. The topological polar surface area (TPSA) is 45.2 Å². The van der Waals surface area contributed by atoms with E-state index in [1.807, 2.05) is 54.6 Å². The first kappa shape index (κ1) is 37.3. The Morgan fingerprint density at radius 3 is 1.18 bits per heavy atom. The van der Waals surface area contributed by atoms with Crippen LogP contribution in [0.2, 0.25) is 0 Å². The summed E-state index contributed by atoms with van der Waals surface area (Å²) in [6.45, 7) is 20.2. The Balaban J connectivity index is 0.000000297. The van der Waals surface area contributed by atoms with Crippen molar-refractivity contribution in [3.63, 3.8) is 0 Å². The van der Waals surface area contributed by atoms with Crippen LogP contribution in [0.4, 0.5) is 11.4 Å². The van der Waals surface area contributed by atoms with Gasteiger partial charge in [0.05, 0.1) is 0 Å². The maximum Gasteiger partial charge on any atom is 0.0267 e. The summed E-state index contributed by atoms with van der Waals surface area (Å²) in [5.74, 6) is 1.04. The first-order valence-electron chi connectivity index (χ1n) is 15.4. The summed E-state index contributed by atoms with van der Waals surface area (Å²) >= 11 is 0. The Bertz CT molecular complexity index is 1270. The molecule has 6 rings (SSSR count). The number of rotatable bonds is 4. The maximum atomic E-state index is 3.78. The van der Waals surface area contributed by atoms with E-state index in [-0.39, 0.29) is 20.4 Å². The molecule has 0 aliphatic carbocycles. The molecular weight excluding hydrogens is 645 g/mol. The molecule has 0 saturated carbocycles. The second-order valence-electron chi connectivity index (χ2n) is 11.4. The van der Waals surface area contributed by atoms with Crippen LogP contribution in [-0.4, -0.2) is 28.0 Å². The van der Waals surface area contributed by atoms with Gasteiger partial charge in [-0.3, -0.25) is 15.0 Å². The van der Waals surface area contributed by atoms with Gasteiger partial charge in [-0.05, 0) is 91.3 Å². The summed E-state index contributed by atoms with van der Waals surface area (Å²) < 4.78 is 0. The van der Waals surface area contributed by atoms with E-state index < -0.39 is 0 Å². The molecule has 240 valence electrons. The standard InChI is InChI=1S/C24H33N2.3C5H5N.Pd/c1-16(2)21-9-8-10-22(17(3)4)24(21)26-12-11-25(15-26)23-19(6)13-18(5)14-20(23)7;3*1-2-4-6-5-3-1;/h8-10,13-17H,11-12H2,1-7H3;3*1-5H;/q-1;;;;. The van der Waals surface area contributed by atoms with Crippen molar-refractivity contribution in [3.8, 4) is 0 Å². The Morgan fingerprint density at radius 2 is 0.889 bits per heavy atom. The molecule has 1 aliphatic rings. The molecule has 0 N–H and O–H groups in total. The van der Waals surface area contributed by atoms with Gasteiger partial charge >= 0.3 is 0 Å². The molecule has 45 heavy (non-hydrogen) atoms. The first-order valence-corrected chi connectivity index (χ1v) is 15.4. The van der Waals surface area contributed by atoms with E-state index in [4.69, 9.17) is 0 Å².